The van der Waals surface area contributed by atoms with Crippen LogP contribution in [0.3, 0.4) is 0 Å². The molecule has 2 amide bonds. The van der Waals surface area contributed by atoms with Crippen LogP contribution in [0.5, 0.6) is 11.5 Å². The average molecular weight is 491 g/mol. The van der Waals surface area contributed by atoms with Gasteiger partial charge in [-0.15, -0.1) is 0 Å². The molecule has 2 aromatic rings. The van der Waals surface area contributed by atoms with Crippen LogP contribution in [0.1, 0.15) is 39.2 Å². The van der Waals surface area contributed by atoms with E-state index in [2.05, 4.69) is 34.0 Å². The minimum atomic E-state index is -0.212. The molecule has 10 heteroatoms. The number of carbonyl (C=O) groups is 1. The first kappa shape index (κ1) is 25.8. The second-order valence-corrected chi connectivity index (χ2v) is 8.36. The third kappa shape index (κ3) is 5.64. The number of methoxy groups -OCH3 is 2. The van der Waals surface area contributed by atoms with E-state index in [0.717, 1.165) is 44.6 Å². The highest BCUT2D eigenvalue weighted by Gasteiger charge is 2.34. The molecule has 9 nitrogen and oxygen atoms in total. The molecule has 186 valence electrons. The largest absolute Gasteiger partial charge is 0.497 e. The first-order valence-corrected chi connectivity index (χ1v) is 12.2. The molecule has 1 N–H and O–H groups in total. The Kier molecular flexibility index (Phi) is 9.18. The number of nitrogens with one attached hydrogen (secondary N) is 1. The van der Waals surface area contributed by atoms with Crippen LogP contribution in [-0.4, -0.2) is 67.8 Å². The van der Waals surface area contributed by atoms with Gasteiger partial charge in [0, 0.05) is 37.0 Å². The van der Waals surface area contributed by atoms with Crippen molar-refractivity contribution in [3.05, 3.63) is 28.9 Å². The zero-order valence-corrected chi connectivity index (χ0v) is 21.5. The second kappa shape index (κ2) is 12.1. The van der Waals surface area contributed by atoms with Gasteiger partial charge in [0.25, 0.3) is 0 Å². The molecule has 0 saturated heterocycles. The fraction of sp³-hybridized carbons (Fsp3) is 0.542. The molecule has 1 aromatic carbocycles. The summed E-state index contributed by atoms with van der Waals surface area (Å²) >= 11 is 6.56. The predicted molar refractivity (Wildman–Crippen MR) is 137 cm³/mol. The van der Waals surface area contributed by atoms with E-state index in [-0.39, 0.29) is 6.03 Å². The van der Waals surface area contributed by atoms with Crippen molar-refractivity contribution in [2.24, 2.45) is 0 Å². The van der Waals surface area contributed by atoms with Crippen molar-refractivity contribution in [1.82, 2.24) is 14.9 Å². The lowest BCUT2D eigenvalue weighted by molar-refractivity contribution is 0.250. The number of ether oxygens (including phenoxy) is 2. The van der Waals surface area contributed by atoms with Gasteiger partial charge >= 0.3 is 6.03 Å². The second-order valence-electron chi connectivity index (χ2n) is 7.98. The van der Waals surface area contributed by atoms with Crippen LogP contribution in [-0.2, 0) is 6.54 Å². The number of urea groups is 1. The lowest BCUT2D eigenvalue weighted by Crippen LogP contribution is -2.48. The molecule has 1 aromatic heterocycles. The molecule has 34 heavy (non-hydrogen) atoms. The van der Waals surface area contributed by atoms with Crippen LogP contribution in [0.15, 0.2) is 18.3 Å². The average Bonchev–Trinajstić information content (AvgIpc) is 2.86. The molecule has 1 aliphatic heterocycles. The van der Waals surface area contributed by atoms with Gasteiger partial charge in [0.1, 0.15) is 22.3 Å². The van der Waals surface area contributed by atoms with E-state index in [0.29, 0.717) is 47.1 Å². The fourth-order valence-electron chi connectivity index (χ4n) is 4.00. The molecule has 0 fully saturated rings. The minimum Gasteiger partial charge on any atom is -0.497 e. The van der Waals surface area contributed by atoms with Crippen LogP contribution in [0, 0.1) is 0 Å². The smallest absolute Gasteiger partial charge is 0.330 e. The minimum absolute atomic E-state index is 0.212. The molecule has 0 unspecified atom stereocenters. The Bertz CT molecular complexity index is 985. The Morgan fingerprint density at radius 1 is 1.15 bits per heavy atom. The summed E-state index contributed by atoms with van der Waals surface area (Å²) in [5, 5.41) is 3.65. The topological polar surface area (TPSA) is 83.1 Å². The molecular weight excluding hydrogens is 456 g/mol. The van der Waals surface area contributed by atoms with Crippen molar-refractivity contribution in [1.29, 1.82) is 0 Å². The van der Waals surface area contributed by atoms with Gasteiger partial charge in [0.15, 0.2) is 0 Å². The number of nitrogens with zero attached hydrogens (tertiary/aromatic N) is 5. The number of aromatic nitrogens is 2. The highest BCUT2D eigenvalue weighted by molar-refractivity contribution is 6.35. The predicted octanol–water partition coefficient (Wildman–Crippen LogP) is 4.65. The standard InChI is InChI=1S/C24H35ClN6O3/c1-6-29(7-2)12-10-9-11-26-23-27-15-17-16-31(24(32)30(8-3)22(17)28-23)19-13-18(33-4)14-20(34-5)21(19)25/h13-15H,6-12,16H2,1-5H3,(H,26,27,28). The monoisotopic (exact) mass is 490 g/mol. The Morgan fingerprint density at radius 3 is 2.56 bits per heavy atom. The highest BCUT2D eigenvalue weighted by Crippen LogP contribution is 2.41. The van der Waals surface area contributed by atoms with Crippen LogP contribution in [0.25, 0.3) is 0 Å². The number of benzene rings is 1. The van der Waals surface area contributed by atoms with Crippen molar-refractivity contribution in [3.8, 4) is 11.5 Å². The maximum Gasteiger partial charge on any atom is 0.330 e. The molecule has 0 bridgehead atoms. The van der Waals surface area contributed by atoms with Crippen LogP contribution in [0.2, 0.25) is 5.02 Å². The van der Waals surface area contributed by atoms with Gasteiger partial charge < -0.3 is 19.7 Å². The molecule has 0 spiro atoms. The first-order valence-electron chi connectivity index (χ1n) is 11.8. The third-order valence-electron chi connectivity index (χ3n) is 6.02. The van der Waals surface area contributed by atoms with E-state index >= 15 is 0 Å². The normalized spacial score (nSPS) is 13.3. The Hall–Kier alpha value is -2.78. The van der Waals surface area contributed by atoms with E-state index in [1.807, 2.05) is 6.92 Å². The summed E-state index contributed by atoms with van der Waals surface area (Å²) in [5.41, 5.74) is 1.36. The van der Waals surface area contributed by atoms with E-state index in [4.69, 9.17) is 21.1 Å². The van der Waals surface area contributed by atoms with Crippen molar-refractivity contribution in [3.63, 3.8) is 0 Å². The number of carbonyl (C=O) groups excluding carboxylic acids is 1. The molecule has 3 rings (SSSR count). The fourth-order valence-corrected chi connectivity index (χ4v) is 4.29. The summed E-state index contributed by atoms with van der Waals surface area (Å²) in [6, 6.07) is 3.21. The summed E-state index contributed by atoms with van der Waals surface area (Å²) in [6.45, 7) is 11.1. The van der Waals surface area contributed by atoms with Gasteiger partial charge in [0.05, 0.1) is 26.5 Å². The van der Waals surface area contributed by atoms with Crippen molar-refractivity contribution in [2.75, 3.05) is 62.1 Å². The Labute approximate surface area is 207 Å². The summed E-state index contributed by atoms with van der Waals surface area (Å²) in [5.74, 6) is 2.14. The summed E-state index contributed by atoms with van der Waals surface area (Å²) in [7, 11) is 3.09. The van der Waals surface area contributed by atoms with Gasteiger partial charge in [0.2, 0.25) is 5.95 Å². The van der Waals surface area contributed by atoms with Crippen molar-refractivity contribution < 1.29 is 14.3 Å². The third-order valence-corrected chi connectivity index (χ3v) is 6.40. The van der Waals surface area contributed by atoms with Crippen molar-refractivity contribution >= 4 is 35.1 Å². The van der Waals surface area contributed by atoms with Gasteiger partial charge in [-0.05, 0) is 39.4 Å². The lowest BCUT2D eigenvalue weighted by atomic mass is 10.1. The van der Waals surface area contributed by atoms with Gasteiger partial charge in [-0.1, -0.05) is 25.4 Å². The maximum absolute atomic E-state index is 13.4. The molecule has 0 saturated carbocycles. The first-order chi connectivity index (χ1) is 16.5. The van der Waals surface area contributed by atoms with Gasteiger partial charge in [-0.2, -0.15) is 4.98 Å². The van der Waals surface area contributed by atoms with Crippen LogP contribution in [0.4, 0.5) is 22.2 Å². The molecule has 0 atom stereocenters. The van der Waals surface area contributed by atoms with Crippen LogP contribution >= 0.6 is 11.6 Å². The van der Waals surface area contributed by atoms with Gasteiger partial charge in [-0.3, -0.25) is 9.80 Å². The van der Waals surface area contributed by atoms with E-state index in [1.54, 1.807) is 35.2 Å². The summed E-state index contributed by atoms with van der Waals surface area (Å²) in [6.07, 6.45) is 3.91. The number of halogens is 1. The number of amides is 2. The Morgan fingerprint density at radius 2 is 1.91 bits per heavy atom. The van der Waals surface area contributed by atoms with E-state index in [9.17, 15) is 4.79 Å². The van der Waals surface area contributed by atoms with E-state index in [1.165, 1.54) is 7.11 Å². The summed E-state index contributed by atoms with van der Waals surface area (Å²) < 4.78 is 10.7. The number of fused-ring (bicyclic) bond motifs is 1. The number of unbranched alkanes of at least 4 members (excludes halogenated alkanes) is 1. The molecule has 0 aliphatic carbocycles. The van der Waals surface area contributed by atoms with Crippen LogP contribution < -0.4 is 24.6 Å². The number of hydrogen-bond donors (Lipinski definition) is 1. The maximum atomic E-state index is 13.4. The lowest BCUT2D eigenvalue weighted by Gasteiger charge is -2.36. The molecule has 0 radical (unpaired) electrons. The van der Waals surface area contributed by atoms with E-state index < -0.39 is 0 Å². The zero-order chi connectivity index (χ0) is 24.7. The number of hydrogen-bond acceptors (Lipinski definition) is 7. The zero-order valence-electron chi connectivity index (χ0n) is 20.7. The Balaban J connectivity index is 1.77. The number of anilines is 3. The van der Waals surface area contributed by atoms with Gasteiger partial charge in [-0.25, -0.2) is 9.78 Å². The molecule has 2 heterocycles. The number of rotatable bonds is 12. The quantitative estimate of drug-likeness (QED) is 0.433. The summed E-state index contributed by atoms with van der Waals surface area (Å²) in [4.78, 5) is 28.2. The SMILES string of the molecule is CCN(CC)CCCCNc1ncc2c(n1)N(CC)C(=O)N(c1cc(OC)cc(OC)c1Cl)C2. The molecule has 1 aliphatic rings. The molecular formula is C24H35ClN6O3. The van der Waals surface area contributed by atoms with Crippen molar-refractivity contribution in [2.45, 2.75) is 40.2 Å². The highest BCUT2D eigenvalue weighted by atomic mass is 35.5.